The van der Waals surface area contributed by atoms with Crippen LogP contribution in [0.25, 0.3) is 0 Å². The van der Waals surface area contributed by atoms with Gasteiger partial charge in [-0.3, -0.25) is 0 Å². The van der Waals surface area contributed by atoms with Gasteiger partial charge < -0.3 is 10.1 Å². The van der Waals surface area contributed by atoms with Gasteiger partial charge in [0.2, 0.25) is 0 Å². The minimum Gasteiger partial charge on any atom is -0.452 e. The van der Waals surface area contributed by atoms with E-state index in [2.05, 4.69) is 5.32 Å². The zero-order chi connectivity index (χ0) is 13.8. The third-order valence-corrected chi connectivity index (χ3v) is 3.26. The molecule has 0 radical (unpaired) electrons. The normalized spacial score (nSPS) is 18.6. The summed E-state index contributed by atoms with van der Waals surface area (Å²) in [6.45, 7) is 0. The summed E-state index contributed by atoms with van der Waals surface area (Å²) in [5, 5.41) is 3.43. The molecule has 0 aliphatic carbocycles. The number of benzene rings is 2. The first-order valence-corrected chi connectivity index (χ1v) is 6.58. The minimum absolute atomic E-state index is 0.0960. The third kappa shape index (κ3) is 2.72. The molecule has 20 heavy (non-hydrogen) atoms. The lowest BCUT2D eigenvalue weighted by atomic mass is 10.0. The van der Waals surface area contributed by atoms with E-state index in [1.807, 2.05) is 60.7 Å². The maximum absolute atomic E-state index is 11.3. The van der Waals surface area contributed by atoms with E-state index >= 15 is 0 Å². The molecule has 3 nitrogen and oxygen atoms in total. The van der Waals surface area contributed by atoms with Gasteiger partial charge >= 0.3 is 5.97 Å². The van der Waals surface area contributed by atoms with E-state index in [-0.39, 0.29) is 18.1 Å². The second-order valence-corrected chi connectivity index (χ2v) is 4.66. The number of ether oxygens (including phenoxy) is 1. The molecule has 1 heterocycles. The smallest absolute Gasteiger partial charge is 0.331 e. The molecule has 1 aliphatic rings. The fraction of sp³-hybridized carbons (Fsp3) is 0.118. The number of nitrogens with one attached hydrogen (secondary N) is 1. The summed E-state index contributed by atoms with van der Waals surface area (Å²) in [6.07, 6.45) is 2.99. The summed E-state index contributed by atoms with van der Waals surface area (Å²) in [6, 6.07) is 19.8. The van der Waals surface area contributed by atoms with Crippen LogP contribution >= 0.6 is 0 Å². The van der Waals surface area contributed by atoms with E-state index in [0.29, 0.717) is 0 Å². The van der Waals surface area contributed by atoms with Gasteiger partial charge in [-0.25, -0.2) is 4.79 Å². The first kappa shape index (κ1) is 12.5. The second kappa shape index (κ2) is 5.61. The van der Waals surface area contributed by atoms with Crippen LogP contribution in [0.4, 0.5) is 5.69 Å². The van der Waals surface area contributed by atoms with E-state index in [4.69, 9.17) is 4.74 Å². The van der Waals surface area contributed by atoms with Gasteiger partial charge in [-0.15, -0.1) is 0 Å². The summed E-state index contributed by atoms with van der Waals surface area (Å²) in [5.41, 5.74) is 2.08. The summed E-state index contributed by atoms with van der Waals surface area (Å²) in [7, 11) is 0. The van der Waals surface area contributed by atoms with Crippen LogP contribution in [0.3, 0.4) is 0 Å². The molecule has 0 spiro atoms. The Kier molecular flexibility index (Phi) is 3.50. The van der Waals surface area contributed by atoms with Gasteiger partial charge in [0.25, 0.3) is 0 Å². The summed E-state index contributed by atoms with van der Waals surface area (Å²) >= 11 is 0. The SMILES string of the molecule is O=C1C=C[C@@H]([C@@H](Nc2ccccc2)c2ccccc2)O1. The summed E-state index contributed by atoms with van der Waals surface area (Å²) < 4.78 is 5.34. The Morgan fingerprint density at radius 1 is 0.950 bits per heavy atom. The third-order valence-electron chi connectivity index (χ3n) is 3.26. The molecule has 0 aromatic heterocycles. The van der Waals surface area contributed by atoms with Crippen LogP contribution in [0.2, 0.25) is 0 Å². The predicted molar refractivity (Wildman–Crippen MR) is 78.3 cm³/mol. The number of hydrogen-bond donors (Lipinski definition) is 1. The first-order chi connectivity index (χ1) is 9.83. The number of anilines is 1. The minimum atomic E-state index is -0.287. The molecule has 2 aromatic carbocycles. The fourth-order valence-electron chi connectivity index (χ4n) is 2.29. The van der Waals surface area contributed by atoms with Crippen molar-refractivity contribution in [1.29, 1.82) is 0 Å². The molecule has 3 heteroatoms. The molecule has 0 unspecified atom stereocenters. The Labute approximate surface area is 117 Å². The van der Waals surface area contributed by atoms with Gasteiger partial charge in [-0.05, 0) is 23.8 Å². The molecule has 1 aliphatic heterocycles. The lowest BCUT2D eigenvalue weighted by molar-refractivity contribution is -0.139. The number of rotatable bonds is 4. The van der Waals surface area contributed by atoms with Crippen molar-refractivity contribution in [3.63, 3.8) is 0 Å². The Morgan fingerprint density at radius 3 is 2.20 bits per heavy atom. The van der Waals surface area contributed by atoms with E-state index in [9.17, 15) is 4.79 Å². The van der Waals surface area contributed by atoms with Crippen molar-refractivity contribution in [2.75, 3.05) is 5.32 Å². The Bertz CT molecular complexity index is 607. The first-order valence-electron chi connectivity index (χ1n) is 6.58. The molecule has 0 bridgehead atoms. The van der Waals surface area contributed by atoms with E-state index < -0.39 is 0 Å². The highest BCUT2D eigenvalue weighted by atomic mass is 16.5. The van der Waals surface area contributed by atoms with Crippen molar-refractivity contribution in [2.45, 2.75) is 12.1 Å². The number of para-hydroxylation sites is 1. The standard InChI is InChI=1S/C17H15NO2/c19-16-12-11-15(20-16)17(13-7-3-1-4-8-13)18-14-9-5-2-6-10-14/h1-12,15,17-18H/t15-,17-/m0/s1. The lowest BCUT2D eigenvalue weighted by Gasteiger charge is -2.24. The van der Waals surface area contributed by atoms with Gasteiger partial charge in [-0.1, -0.05) is 48.5 Å². The topological polar surface area (TPSA) is 38.3 Å². The molecule has 0 saturated heterocycles. The molecule has 0 fully saturated rings. The largest absolute Gasteiger partial charge is 0.452 e. The zero-order valence-corrected chi connectivity index (χ0v) is 10.9. The van der Waals surface area contributed by atoms with Crippen molar-refractivity contribution < 1.29 is 9.53 Å². The van der Waals surface area contributed by atoms with Crippen LogP contribution in [0.15, 0.2) is 72.8 Å². The van der Waals surface area contributed by atoms with Crippen LogP contribution in [-0.2, 0) is 9.53 Å². The number of cyclic esters (lactones) is 1. The van der Waals surface area contributed by atoms with Crippen molar-refractivity contribution in [3.8, 4) is 0 Å². The van der Waals surface area contributed by atoms with E-state index in [1.54, 1.807) is 6.08 Å². The number of hydrogen-bond acceptors (Lipinski definition) is 3. The van der Waals surface area contributed by atoms with Crippen molar-refractivity contribution >= 4 is 11.7 Å². The molecule has 0 saturated carbocycles. The maximum Gasteiger partial charge on any atom is 0.331 e. The Balaban J connectivity index is 1.88. The van der Waals surface area contributed by atoms with Gasteiger partial charge in [0.1, 0.15) is 6.10 Å². The van der Waals surface area contributed by atoms with Gasteiger partial charge in [-0.2, -0.15) is 0 Å². The van der Waals surface area contributed by atoms with Gasteiger partial charge in [0, 0.05) is 11.8 Å². The maximum atomic E-state index is 11.3. The zero-order valence-electron chi connectivity index (χ0n) is 10.9. The average Bonchev–Trinajstić information content (AvgIpc) is 2.93. The highest BCUT2D eigenvalue weighted by Crippen LogP contribution is 2.27. The lowest BCUT2D eigenvalue weighted by Crippen LogP contribution is -2.25. The van der Waals surface area contributed by atoms with Gasteiger partial charge in [0.05, 0.1) is 6.04 Å². The summed E-state index contributed by atoms with van der Waals surface area (Å²) in [5.74, 6) is -0.286. The van der Waals surface area contributed by atoms with Crippen LogP contribution in [0.5, 0.6) is 0 Å². The average molecular weight is 265 g/mol. The molecule has 2 aromatic rings. The van der Waals surface area contributed by atoms with Crippen LogP contribution < -0.4 is 5.32 Å². The number of carbonyl (C=O) groups is 1. The Hall–Kier alpha value is -2.55. The van der Waals surface area contributed by atoms with Crippen molar-refractivity contribution in [2.24, 2.45) is 0 Å². The molecule has 100 valence electrons. The highest BCUT2D eigenvalue weighted by Gasteiger charge is 2.27. The van der Waals surface area contributed by atoms with E-state index in [0.717, 1.165) is 11.3 Å². The molecular formula is C17H15NO2. The number of carbonyl (C=O) groups excluding carboxylic acids is 1. The monoisotopic (exact) mass is 265 g/mol. The molecule has 0 amide bonds. The second-order valence-electron chi connectivity index (χ2n) is 4.66. The van der Waals surface area contributed by atoms with Crippen LogP contribution in [-0.4, -0.2) is 12.1 Å². The van der Waals surface area contributed by atoms with Crippen molar-refractivity contribution in [3.05, 3.63) is 78.4 Å². The Morgan fingerprint density at radius 2 is 1.60 bits per heavy atom. The van der Waals surface area contributed by atoms with Crippen LogP contribution in [0, 0.1) is 0 Å². The molecule has 3 rings (SSSR count). The quantitative estimate of drug-likeness (QED) is 0.862. The number of esters is 1. The highest BCUT2D eigenvalue weighted by molar-refractivity contribution is 5.84. The summed E-state index contributed by atoms with van der Waals surface area (Å²) in [4.78, 5) is 11.3. The van der Waals surface area contributed by atoms with E-state index in [1.165, 1.54) is 6.08 Å². The molecule has 2 atom stereocenters. The fourth-order valence-corrected chi connectivity index (χ4v) is 2.29. The molecular weight excluding hydrogens is 250 g/mol. The van der Waals surface area contributed by atoms with Crippen LogP contribution in [0.1, 0.15) is 11.6 Å². The predicted octanol–water partition coefficient (Wildman–Crippen LogP) is 3.32. The molecule has 1 N–H and O–H groups in total. The van der Waals surface area contributed by atoms with Gasteiger partial charge in [0.15, 0.2) is 0 Å². The van der Waals surface area contributed by atoms with Crippen molar-refractivity contribution in [1.82, 2.24) is 0 Å².